The highest BCUT2D eigenvalue weighted by molar-refractivity contribution is 5.96. The van der Waals surface area contributed by atoms with Crippen molar-refractivity contribution < 1.29 is 28.6 Å². The van der Waals surface area contributed by atoms with E-state index in [2.05, 4.69) is 10.6 Å². The van der Waals surface area contributed by atoms with E-state index in [1.54, 1.807) is 39.0 Å². The van der Waals surface area contributed by atoms with Gasteiger partial charge in [-0.2, -0.15) is 0 Å². The summed E-state index contributed by atoms with van der Waals surface area (Å²) in [5.74, 6) is -0.475. The summed E-state index contributed by atoms with van der Waals surface area (Å²) in [5.41, 5.74) is 0.123. The zero-order chi connectivity index (χ0) is 19.7. The van der Waals surface area contributed by atoms with Crippen molar-refractivity contribution in [3.63, 3.8) is 0 Å². The topological polar surface area (TPSA) is 103 Å². The van der Waals surface area contributed by atoms with Crippen molar-refractivity contribution in [2.24, 2.45) is 0 Å². The van der Waals surface area contributed by atoms with E-state index in [0.717, 1.165) is 6.08 Å². The first-order chi connectivity index (χ1) is 12.2. The van der Waals surface area contributed by atoms with Crippen LogP contribution in [0.5, 0.6) is 11.5 Å². The Hall–Kier alpha value is -3.03. The maximum Gasteiger partial charge on any atom is 0.331 e. The molecule has 0 aliphatic carbocycles. The van der Waals surface area contributed by atoms with E-state index in [-0.39, 0.29) is 0 Å². The number of urea groups is 1. The standard InChI is InChI=1S/C18H24N2O6/c1-18(2,3)20-17(23)19-14(21)11-26-15(22)10-9-12-7-6-8-13(24-4)16(12)25-5/h6-10H,11H2,1-5H3,(H2,19,20,21,23)/b10-9+. The largest absolute Gasteiger partial charge is 0.493 e. The number of nitrogens with one attached hydrogen (secondary N) is 2. The fourth-order valence-corrected chi connectivity index (χ4v) is 1.92. The van der Waals surface area contributed by atoms with E-state index in [1.165, 1.54) is 20.3 Å². The third kappa shape index (κ3) is 7.25. The van der Waals surface area contributed by atoms with Crippen LogP contribution in [0.25, 0.3) is 6.08 Å². The SMILES string of the molecule is COc1cccc(/C=C/C(=O)OCC(=O)NC(=O)NC(C)(C)C)c1OC. The predicted molar refractivity (Wildman–Crippen MR) is 96.0 cm³/mol. The van der Waals surface area contributed by atoms with Gasteiger partial charge in [-0.3, -0.25) is 10.1 Å². The Morgan fingerprint density at radius 3 is 2.38 bits per heavy atom. The predicted octanol–water partition coefficient (Wildman–Crippen LogP) is 1.88. The third-order valence-electron chi connectivity index (χ3n) is 2.92. The summed E-state index contributed by atoms with van der Waals surface area (Å²) < 4.78 is 15.2. The molecule has 1 rings (SSSR count). The van der Waals surface area contributed by atoms with Gasteiger partial charge in [0.15, 0.2) is 18.1 Å². The first-order valence-corrected chi connectivity index (χ1v) is 7.84. The Kier molecular flexibility index (Phi) is 7.64. The number of amides is 3. The van der Waals surface area contributed by atoms with Gasteiger partial charge in [0.25, 0.3) is 5.91 Å². The van der Waals surface area contributed by atoms with E-state index >= 15 is 0 Å². The molecular formula is C18H24N2O6. The molecule has 0 aliphatic heterocycles. The number of methoxy groups -OCH3 is 2. The lowest BCUT2D eigenvalue weighted by atomic mass is 10.1. The van der Waals surface area contributed by atoms with Crippen LogP contribution in [-0.4, -0.2) is 44.3 Å². The molecule has 0 spiro atoms. The summed E-state index contributed by atoms with van der Waals surface area (Å²) in [6.45, 7) is 4.74. The first-order valence-electron chi connectivity index (χ1n) is 7.84. The van der Waals surface area contributed by atoms with Crippen LogP contribution in [0.15, 0.2) is 24.3 Å². The van der Waals surface area contributed by atoms with Gasteiger partial charge < -0.3 is 19.5 Å². The second kappa shape index (κ2) is 9.45. The molecule has 0 radical (unpaired) electrons. The molecule has 26 heavy (non-hydrogen) atoms. The number of esters is 1. The van der Waals surface area contributed by atoms with E-state index in [1.807, 2.05) is 0 Å². The first kappa shape index (κ1) is 21.0. The summed E-state index contributed by atoms with van der Waals surface area (Å²) in [6.07, 6.45) is 2.63. The Bertz CT molecular complexity index is 691. The molecule has 0 atom stereocenters. The van der Waals surface area contributed by atoms with E-state index in [4.69, 9.17) is 14.2 Å². The number of imide groups is 1. The zero-order valence-corrected chi connectivity index (χ0v) is 15.5. The van der Waals surface area contributed by atoms with Crippen molar-refractivity contribution in [3.8, 4) is 11.5 Å². The molecule has 8 nitrogen and oxygen atoms in total. The van der Waals surface area contributed by atoms with Crippen LogP contribution in [0.4, 0.5) is 4.79 Å². The number of carbonyl (C=O) groups is 3. The smallest absolute Gasteiger partial charge is 0.331 e. The fraction of sp³-hybridized carbons (Fsp3) is 0.389. The molecule has 1 aromatic rings. The van der Waals surface area contributed by atoms with Gasteiger partial charge >= 0.3 is 12.0 Å². The molecule has 0 saturated carbocycles. The zero-order valence-electron chi connectivity index (χ0n) is 15.5. The van der Waals surface area contributed by atoms with Gasteiger partial charge in [0.1, 0.15) is 0 Å². The number of hydrogen-bond donors (Lipinski definition) is 2. The molecule has 0 bridgehead atoms. The van der Waals surface area contributed by atoms with Crippen LogP contribution in [0, 0.1) is 0 Å². The van der Waals surface area contributed by atoms with Gasteiger partial charge in [0.2, 0.25) is 0 Å². The minimum absolute atomic E-state index is 0.468. The van der Waals surface area contributed by atoms with Gasteiger partial charge in [0.05, 0.1) is 14.2 Å². The van der Waals surface area contributed by atoms with Crippen molar-refractivity contribution in [1.29, 1.82) is 0 Å². The molecule has 0 heterocycles. The summed E-state index contributed by atoms with van der Waals surface area (Å²) >= 11 is 0. The fourth-order valence-electron chi connectivity index (χ4n) is 1.92. The van der Waals surface area contributed by atoms with Crippen LogP contribution >= 0.6 is 0 Å². The quantitative estimate of drug-likeness (QED) is 0.590. The highest BCUT2D eigenvalue weighted by Crippen LogP contribution is 2.31. The van der Waals surface area contributed by atoms with E-state index < -0.39 is 30.1 Å². The van der Waals surface area contributed by atoms with Crippen LogP contribution < -0.4 is 20.1 Å². The lowest BCUT2D eigenvalue weighted by Crippen LogP contribution is -2.49. The lowest BCUT2D eigenvalue weighted by molar-refractivity contribution is -0.143. The average Bonchev–Trinajstić information content (AvgIpc) is 2.55. The number of carbonyl (C=O) groups excluding carboxylic acids is 3. The van der Waals surface area contributed by atoms with Crippen LogP contribution in [0.1, 0.15) is 26.3 Å². The van der Waals surface area contributed by atoms with Crippen molar-refractivity contribution >= 4 is 24.0 Å². The van der Waals surface area contributed by atoms with Crippen molar-refractivity contribution in [2.75, 3.05) is 20.8 Å². The monoisotopic (exact) mass is 364 g/mol. The highest BCUT2D eigenvalue weighted by atomic mass is 16.5. The van der Waals surface area contributed by atoms with Gasteiger partial charge in [0, 0.05) is 17.2 Å². The number of hydrogen-bond acceptors (Lipinski definition) is 6. The maximum absolute atomic E-state index is 11.7. The molecule has 0 unspecified atom stereocenters. The molecule has 0 aromatic heterocycles. The van der Waals surface area contributed by atoms with Gasteiger partial charge in [-0.25, -0.2) is 9.59 Å². The molecule has 0 aliphatic rings. The minimum atomic E-state index is -0.735. The van der Waals surface area contributed by atoms with Crippen LogP contribution in [0.3, 0.4) is 0 Å². The summed E-state index contributed by atoms with van der Waals surface area (Å²) in [7, 11) is 2.99. The Balaban J connectivity index is 2.56. The number of rotatable bonds is 6. The van der Waals surface area contributed by atoms with Crippen molar-refractivity contribution in [1.82, 2.24) is 10.6 Å². The average molecular weight is 364 g/mol. The number of benzene rings is 1. The minimum Gasteiger partial charge on any atom is -0.493 e. The highest BCUT2D eigenvalue weighted by Gasteiger charge is 2.16. The van der Waals surface area contributed by atoms with Gasteiger partial charge in [-0.1, -0.05) is 12.1 Å². The summed E-state index contributed by atoms with van der Waals surface area (Å²) in [6, 6.07) is 4.54. The second-order valence-corrected chi connectivity index (χ2v) is 6.28. The molecule has 1 aromatic carbocycles. The second-order valence-electron chi connectivity index (χ2n) is 6.28. The van der Waals surface area contributed by atoms with Crippen molar-refractivity contribution in [2.45, 2.75) is 26.3 Å². The molecule has 3 amide bonds. The molecule has 8 heteroatoms. The van der Waals surface area contributed by atoms with E-state index in [9.17, 15) is 14.4 Å². The third-order valence-corrected chi connectivity index (χ3v) is 2.92. The van der Waals surface area contributed by atoms with Gasteiger partial charge in [-0.15, -0.1) is 0 Å². The summed E-state index contributed by atoms with van der Waals surface area (Å²) in [4.78, 5) is 34.9. The van der Waals surface area contributed by atoms with Crippen molar-refractivity contribution in [3.05, 3.63) is 29.8 Å². The molecule has 0 fully saturated rings. The lowest BCUT2D eigenvalue weighted by Gasteiger charge is -2.20. The van der Waals surface area contributed by atoms with E-state index in [0.29, 0.717) is 17.1 Å². The number of para-hydroxylation sites is 1. The Morgan fingerprint density at radius 2 is 1.81 bits per heavy atom. The molecule has 2 N–H and O–H groups in total. The summed E-state index contributed by atoms with van der Waals surface area (Å²) in [5, 5.41) is 4.63. The maximum atomic E-state index is 11.7. The Labute approximate surface area is 152 Å². The molecular weight excluding hydrogens is 340 g/mol. The van der Waals surface area contributed by atoms with Crippen LogP contribution in [0.2, 0.25) is 0 Å². The normalized spacial score (nSPS) is 11.0. The molecule has 142 valence electrons. The Morgan fingerprint density at radius 1 is 1.12 bits per heavy atom. The number of ether oxygens (including phenoxy) is 3. The van der Waals surface area contributed by atoms with Gasteiger partial charge in [-0.05, 0) is 32.9 Å². The molecule has 0 saturated heterocycles. The van der Waals surface area contributed by atoms with Crippen LogP contribution in [-0.2, 0) is 14.3 Å².